The van der Waals surface area contributed by atoms with Crippen molar-refractivity contribution in [1.29, 1.82) is 0 Å². The van der Waals surface area contributed by atoms with Crippen LogP contribution in [0.5, 0.6) is 5.75 Å². The normalized spacial score (nSPS) is 36.8. The Morgan fingerprint density at radius 3 is 2.00 bits per heavy atom. The molecule has 4 aliphatic heterocycles. The van der Waals surface area contributed by atoms with Crippen LogP contribution in [0.2, 0.25) is 0 Å². The molecule has 4 heteroatoms. The van der Waals surface area contributed by atoms with Gasteiger partial charge in [0, 0.05) is 0 Å². The van der Waals surface area contributed by atoms with Crippen molar-refractivity contribution in [3.63, 3.8) is 0 Å². The number of carbonyl (C=O) groups is 1. The lowest BCUT2D eigenvalue weighted by atomic mass is 9.57. The number of nitrogens with one attached hydrogen (secondary N) is 2. The van der Waals surface area contributed by atoms with Crippen molar-refractivity contribution in [2.75, 3.05) is 32.8 Å². The van der Waals surface area contributed by atoms with E-state index in [0.29, 0.717) is 18.6 Å². The predicted molar refractivity (Wildman–Crippen MR) is 106 cm³/mol. The quantitative estimate of drug-likeness (QED) is 0.675. The topological polar surface area (TPSA) is 35.2 Å². The molecule has 27 heavy (non-hydrogen) atoms. The first-order valence-electron chi connectivity index (χ1n) is 10.7. The molecule has 4 aliphatic rings. The van der Waals surface area contributed by atoms with Crippen LogP contribution in [0.4, 0.5) is 0 Å². The lowest BCUT2D eigenvalue weighted by Crippen LogP contribution is -3.41. The number of carbonyl (C=O) groups excluding carboxylic acids is 1. The van der Waals surface area contributed by atoms with Crippen molar-refractivity contribution in [3.05, 3.63) is 42.5 Å². The highest BCUT2D eigenvalue weighted by atomic mass is 16.5. The van der Waals surface area contributed by atoms with Gasteiger partial charge >= 0.3 is 0 Å². The first-order chi connectivity index (χ1) is 13.1. The van der Waals surface area contributed by atoms with Crippen molar-refractivity contribution in [1.82, 2.24) is 0 Å². The Balaban J connectivity index is 1.62. The molecule has 0 amide bonds. The first kappa shape index (κ1) is 18.7. The maximum absolute atomic E-state index is 13.5. The number of rotatable bonds is 8. The average molecular weight is 371 g/mol. The van der Waals surface area contributed by atoms with Gasteiger partial charge < -0.3 is 4.74 Å². The summed E-state index contributed by atoms with van der Waals surface area (Å²) >= 11 is 0. The Hall–Kier alpha value is -1.65. The number of hydrogen-bond acceptors (Lipinski definition) is 2. The Kier molecular flexibility index (Phi) is 4.89. The van der Waals surface area contributed by atoms with E-state index >= 15 is 0 Å². The highest BCUT2D eigenvalue weighted by Gasteiger charge is 2.70. The van der Waals surface area contributed by atoms with E-state index in [9.17, 15) is 4.79 Å². The Labute approximate surface area is 163 Å². The van der Waals surface area contributed by atoms with Gasteiger partial charge in [-0.25, -0.2) is 0 Å². The van der Waals surface area contributed by atoms with Crippen molar-refractivity contribution in [2.45, 2.75) is 45.7 Å². The maximum Gasteiger partial charge on any atom is 0.240 e. The summed E-state index contributed by atoms with van der Waals surface area (Å²) in [6.45, 7) is 12.8. The number of quaternary nitrogens is 2. The molecule has 0 saturated carbocycles. The molecule has 0 unspecified atom stereocenters. The smallest absolute Gasteiger partial charge is 0.240 e. The standard InChI is InChI=1S/C23H32N2O2/c1-4-11-22-14-24-16-23(12-5-2,21(22)26)17-25(15-22)20(24)18-7-9-19(10-8-18)27-13-6-3/h6-10,20H,3-5,11-17H2,1-2H3/p+2. The fraction of sp³-hybridized carbons (Fsp3) is 0.609. The molecular weight excluding hydrogens is 336 g/mol. The molecule has 5 rings (SSSR count). The number of ketones is 1. The van der Waals surface area contributed by atoms with E-state index in [1.165, 1.54) is 5.56 Å². The minimum atomic E-state index is -0.0748. The molecule has 4 heterocycles. The van der Waals surface area contributed by atoms with E-state index in [-0.39, 0.29) is 10.8 Å². The Morgan fingerprint density at radius 1 is 1.04 bits per heavy atom. The van der Waals surface area contributed by atoms with Crippen LogP contribution < -0.4 is 14.5 Å². The summed E-state index contributed by atoms with van der Waals surface area (Å²) in [4.78, 5) is 16.8. The molecule has 4 bridgehead atoms. The van der Waals surface area contributed by atoms with Crippen molar-refractivity contribution < 1.29 is 19.3 Å². The molecule has 0 atom stereocenters. The minimum absolute atomic E-state index is 0.0748. The summed E-state index contributed by atoms with van der Waals surface area (Å²) < 4.78 is 5.65. The van der Waals surface area contributed by atoms with Crippen molar-refractivity contribution in [2.24, 2.45) is 10.8 Å². The summed E-state index contributed by atoms with van der Waals surface area (Å²) in [6, 6.07) is 8.62. The molecule has 1 aromatic rings. The largest absolute Gasteiger partial charge is 0.490 e. The molecule has 2 N–H and O–H groups in total. The SMILES string of the molecule is C=CCOc1ccc(C2[NH+]3CC4(CCC)C[NH+]2CC(CCC)(C3)C4=O)cc1. The Morgan fingerprint density at radius 2 is 1.56 bits per heavy atom. The molecule has 4 saturated heterocycles. The maximum atomic E-state index is 13.5. The second-order valence-corrected chi connectivity index (χ2v) is 9.02. The van der Waals surface area contributed by atoms with Gasteiger partial charge in [-0.2, -0.15) is 0 Å². The summed E-state index contributed by atoms with van der Waals surface area (Å²) in [7, 11) is 0. The summed E-state index contributed by atoms with van der Waals surface area (Å²) in [5, 5.41) is 0. The van der Waals surface area contributed by atoms with Gasteiger partial charge in [0.2, 0.25) is 6.17 Å². The zero-order chi connectivity index (χ0) is 19.1. The molecule has 0 radical (unpaired) electrons. The minimum Gasteiger partial charge on any atom is -0.490 e. The van der Waals surface area contributed by atoms with Gasteiger partial charge in [-0.3, -0.25) is 14.6 Å². The molecule has 0 aliphatic carbocycles. The number of ether oxygens (including phenoxy) is 1. The van der Waals surface area contributed by atoms with E-state index < -0.39 is 0 Å². The first-order valence-corrected chi connectivity index (χ1v) is 10.7. The monoisotopic (exact) mass is 370 g/mol. The summed E-state index contributed by atoms with van der Waals surface area (Å²) in [5.74, 6) is 1.51. The van der Waals surface area contributed by atoms with Crippen molar-refractivity contribution >= 4 is 5.78 Å². The molecule has 0 spiro atoms. The van der Waals surface area contributed by atoms with Crippen LogP contribution >= 0.6 is 0 Å². The lowest BCUT2D eigenvalue weighted by molar-refractivity contribution is -1.18. The number of piperidine rings is 2. The predicted octanol–water partition coefficient (Wildman–Crippen LogP) is 1.20. The van der Waals surface area contributed by atoms with Crippen molar-refractivity contribution in [3.8, 4) is 5.75 Å². The van der Waals surface area contributed by atoms with E-state index in [1.807, 2.05) is 0 Å². The van der Waals surface area contributed by atoms with Crippen LogP contribution in [-0.4, -0.2) is 38.6 Å². The molecule has 146 valence electrons. The van der Waals surface area contributed by atoms with Gasteiger partial charge in [0.25, 0.3) is 0 Å². The van der Waals surface area contributed by atoms with E-state index in [1.54, 1.807) is 15.9 Å². The number of Topliss-reactive ketones (excluding diaryl/α,β-unsaturated/α-hetero) is 1. The van der Waals surface area contributed by atoms with Crippen LogP contribution in [0, 0.1) is 10.8 Å². The number of benzene rings is 1. The van der Waals surface area contributed by atoms with Gasteiger partial charge in [0.1, 0.15) is 49.4 Å². The molecule has 4 fully saturated rings. The third kappa shape index (κ3) is 2.94. The van der Waals surface area contributed by atoms with Gasteiger partial charge in [-0.05, 0) is 37.1 Å². The molecule has 1 aromatic carbocycles. The van der Waals surface area contributed by atoms with Gasteiger partial charge in [-0.15, -0.1) is 0 Å². The fourth-order valence-electron chi connectivity index (χ4n) is 6.49. The third-order valence-corrected chi connectivity index (χ3v) is 7.08. The molecular formula is C23H34N2O2+2. The molecule has 0 aromatic heterocycles. The zero-order valence-electron chi connectivity index (χ0n) is 16.9. The highest BCUT2D eigenvalue weighted by molar-refractivity contribution is 5.92. The van der Waals surface area contributed by atoms with Crippen LogP contribution in [0.3, 0.4) is 0 Å². The van der Waals surface area contributed by atoms with Crippen LogP contribution in [0.1, 0.15) is 51.3 Å². The van der Waals surface area contributed by atoms with Gasteiger partial charge in [-0.1, -0.05) is 39.3 Å². The van der Waals surface area contributed by atoms with E-state index in [2.05, 4.69) is 44.7 Å². The fourth-order valence-corrected chi connectivity index (χ4v) is 6.49. The second-order valence-electron chi connectivity index (χ2n) is 9.02. The van der Waals surface area contributed by atoms with Gasteiger partial charge in [0.05, 0.1) is 5.56 Å². The summed E-state index contributed by atoms with van der Waals surface area (Å²) in [6.07, 6.45) is 6.57. The second kappa shape index (κ2) is 7.06. The van der Waals surface area contributed by atoms with E-state index in [0.717, 1.165) is 57.6 Å². The highest BCUT2D eigenvalue weighted by Crippen LogP contribution is 2.42. The average Bonchev–Trinajstić information content (AvgIpc) is 2.65. The number of hydrogen-bond donors (Lipinski definition) is 2. The third-order valence-electron chi connectivity index (χ3n) is 7.08. The Bertz CT molecular complexity index is 668. The van der Waals surface area contributed by atoms with Gasteiger partial charge in [0.15, 0.2) is 5.78 Å². The van der Waals surface area contributed by atoms with E-state index in [4.69, 9.17) is 4.74 Å². The lowest BCUT2D eigenvalue weighted by Gasteiger charge is -2.60. The van der Waals surface area contributed by atoms with Crippen LogP contribution in [0.15, 0.2) is 36.9 Å². The molecule has 4 nitrogen and oxygen atoms in total. The van der Waals surface area contributed by atoms with Crippen LogP contribution in [-0.2, 0) is 4.79 Å². The van der Waals surface area contributed by atoms with Crippen LogP contribution in [0.25, 0.3) is 0 Å². The zero-order valence-corrected chi connectivity index (χ0v) is 16.9. The summed E-state index contributed by atoms with van der Waals surface area (Å²) in [5.41, 5.74) is 1.24.